The third kappa shape index (κ3) is 4.03. The molecule has 2 heterocycles. The maximum Gasteiger partial charge on any atom is 0.320 e. The van der Waals surface area contributed by atoms with Crippen molar-refractivity contribution in [1.82, 2.24) is 14.7 Å². The number of likely N-dealkylation sites (N-methyl/N-ethyl adjacent to an activating group) is 1. The number of hydrogen-bond donors (Lipinski definition) is 1. The summed E-state index contributed by atoms with van der Waals surface area (Å²) in [4.78, 5) is 40.3. The maximum atomic E-state index is 12.6. The van der Waals surface area contributed by atoms with Gasteiger partial charge in [0, 0.05) is 38.2 Å². The van der Waals surface area contributed by atoms with Crippen molar-refractivity contribution in [2.75, 3.05) is 44.7 Å². The van der Waals surface area contributed by atoms with Crippen LogP contribution in [-0.4, -0.2) is 88.5 Å². The largest absolute Gasteiger partial charge is 0.481 e. The zero-order chi connectivity index (χ0) is 15.4. The highest BCUT2D eigenvalue weighted by Crippen LogP contribution is 2.21. The quantitative estimate of drug-likeness (QED) is 0.785. The number of carbonyl (C=O) groups excluding carboxylic acids is 2. The molecule has 0 spiro atoms. The van der Waals surface area contributed by atoms with Crippen molar-refractivity contribution in [1.29, 1.82) is 0 Å². The fourth-order valence-electron chi connectivity index (χ4n) is 2.61. The molecule has 7 nitrogen and oxygen atoms in total. The predicted molar refractivity (Wildman–Crippen MR) is 79.3 cm³/mol. The van der Waals surface area contributed by atoms with Gasteiger partial charge in [-0.05, 0) is 6.42 Å². The molecule has 118 valence electrons. The van der Waals surface area contributed by atoms with Crippen molar-refractivity contribution in [3.8, 4) is 0 Å². The Hall–Kier alpha value is -1.44. The lowest BCUT2D eigenvalue weighted by Gasteiger charge is -2.37. The van der Waals surface area contributed by atoms with Crippen molar-refractivity contribution >= 4 is 29.7 Å². The molecular formula is C13H21N3O4S. The second kappa shape index (κ2) is 7.02. The van der Waals surface area contributed by atoms with Crippen molar-refractivity contribution in [3.63, 3.8) is 0 Å². The van der Waals surface area contributed by atoms with Crippen LogP contribution in [0.3, 0.4) is 0 Å². The molecule has 2 fully saturated rings. The fraction of sp³-hybridized carbons (Fsp3) is 0.769. The van der Waals surface area contributed by atoms with Crippen LogP contribution in [0.5, 0.6) is 0 Å². The van der Waals surface area contributed by atoms with Crippen LogP contribution < -0.4 is 0 Å². The Morgan fingerprint density at radius 1 is 1.33 bits per heavy atom. The van der Waals surface area contributed by atoms with Crippen LogP contribution in [0, 0.1) is 0 Å². The molecule has 1 N–H and O–H groups in total. The van der Waals surface area contributed by atoms with Gasteiger partial charge in [0.2, 0.25) is 5.91 Å². The van der Waals surface area contributed by atoms with Crippen LogP contribution in [0.15, 0.2) is 0 Å². The molecule has 21 heavy (non-hydrogen) atoms. The number of rotatable bonds is 2. The summed E-state index contributed by atoms with van der Waals surface area (Å²) in [5.41, 5.74) is 0. The molecule has 1 unspecified atom stereocenters. The Morgan fingerprint density at radius 2 is 2.10 bits per heavy atom. The zero-order valence-corrected chi connectivity index (χ0v) is 13.0. The zero-order valence-electron chi connectivity index (χ0n) is 12.2. The Morgan fingerprint density at radius 3 is 2.81 bits per heavy atom. The number of carboxylic acid groups (broad SMARTS) is 1. The molecule has 0 aromatic heterocycles. The van der Waals surface area contributed by atoms with E-state index >= 15 is 0 Å². The number of carbonyl (C=O) groups is 3. The first-order valence-corrected chi connectivity index (χ1v) is 8.23. The molecule has 0 saturated carbocycles. The molecule has 3 amide bonds. The molecule has 2 aliphatic rings. The first kappa shape index (κ1) is 15.9. The van der Waals surface area contributed by atoms with E-state index in [2.05, 4.69) is 0 Å². The lowest BCUT2D eigenvalue weighted by atomic mass is 10.2. The van der Waals surface area contributed by atoms with E-state index in [1.54, 1.807) is 33.5 Å². The maximum absolute atomic E-state index is 12.6. The summed E-state index contributed by atoms with van der Waals surface area (Å²) >= 11 is 1.67. The highest BCUT2D eigenvalue weighted by atomic mass is 32.2. The fourth-order valence-corrected chi connectivity index (χ4v) is 3.67. The van der Waals surface area contributed by atoms with E-state index in [0.717, 1.165) is 12.2 Å². The standard InChI is InChI=1S/C13H21N3O4S/c1-14-3-2-4-15(8-11(14)17)13(20)16-5-6-21-9-10(16)7-12(18)19/h10H,2-9H2,1H3,(H,18,19). The van der Waals surface area contributed by atoms with Crippen LogP contribution in [0.1, 0.15) is 12.8 Å². The number of nitrogens with zero attached hydrogens (tertiary/aromatic N) is 3. The van der Waals surface area contributed by atoms with Gasteiger partial charge in [-0.15, -0.1) is 0 Å². The van der Waals surface area contributed by atoms with Gasteiger partial charge in [-0.3, -0.25) is 9.59 Å². The van der Waals surface area contributed by atoms with Crippen molar-refractivity contribution < 1.29 is 19.5 Å². The molecule has 2 aliphatic heterocycles. The molecule has 0 aliphatic carbocycles. The van der Waals surface area contributed by atoms with E-state index < -0.39 is 5.97 Å². The third-order valence-electron chi connectivity index (χ3n) is 3.83. The molecule has 1 atom stereocenters. The molecule has 0 aromatic rings. The second-order valence-corrected chi connectivity index (χ2v) is 6.54. The van der Waals surface area contributed by atoms with E-state index in [0.29, 0.717) is 25.4 Å². The minimum Gasteiger partial charge on any atom is -0.481 e. The first-order valence-electron chi connectivity index (χ1n) is 7.08. The molecule has 2 rings (SSSR count). The van der Waals surface area contributed by atoms with Gasteiger partial charge in [0.15, 0.2) is 0 Å². The van der Waals surface area contributed by atoms with Crippen molar-refractivity contribution in [3.05, 3.63) is 0 Å². The van der Waals surface area contributed by atoms with Gasteiger partial charge in [-0.2, -0.15) is 11.8 Å². The average molecular weight is 315 g/mol. The van der Waals surface area contributed by atoms with Crippen LogP contribution >= 0.6 is 11.8 Å². The topological polar surface area (TPSA) is 81.2 Å². The molecular weight excluding hydrogens is 294 g/mol. The molecule has 2 saturated heterocycles. The van der Waals surface area contributed by atoms with Gasteiger partial charge in [-0.1, -0.05) is 0 Å². The van der Waals surface area contributed by atoms with E-state index in [1.165, 1.54) is 0 Å². The summed E-state index contributed by atoms with van der Waals surface area (Å²) in [6.45, 7) is 1.82. The lowest BCUT2D eigenvalue weighted by Crippen LogP contribution is -2.53. The highest BCUT2D eigenvalue weighted by Gasteiger charge is 2.33. The van der Waals surface area contributed by atoms with E-state index in [1.807, 2.05) is 0 Å². The number of aliphatic carboxylic acids is 1. The lowest BCUT2D eigenvalue weighted by molar-refractivity contribution is -0.138. The number of hydrogen-bond acceptors (Lipinski definition) is 4. The van der Waals surface area contributed by atoms with Crippen molar-refractivity contribution in [2.24, 2.45) is 0 Å². The second-order valence-electron chi connectivity index (χ2n) is 5.39. The smallest absolute Gasteiger partial charge is 0.320 e. The van der Waals surface area contributed by atoms with Crippen LogP contribution in [-0.2, 0) is 9.59 Å². The average Bonchev–Trinajstić information content (AvgIpc) is 2.60. The first-order chi connectivity index (χ1) is 9.99. The van der Waals surface area contributed by atoms with Crippen LogP contribution in [0.25, 0.3) is 0 Å². The molecule has 0 aromatic carbocycles. The number of urea groups is 1. The summed E-state index contributed by atoms with van der Waals surface area (Å²) in [6, 6.07) is -0.491. The predicted octanol–water partition coefficient (Wildman–Crippen LogP) is 0.163. The Bertz CT molecular complexity index is 432. The monoisotopic (exact) mass is 315 g/mol. The third-order valence-corrected chi connectivity index (χ3v) is 4.92. The molecule has 0 radical (unpaired) electrons. The Balaban J connectivity index is 2.05. The van der Waals surface area contributed by atoms with Gasteiger partial charge >= 0.3 is 12.0 Å². The van der Waals surface area contributed by atoms with E-state index in [9.17, 15) is 14.4 Å². The Kier molecular flexibility index (Phi) is 5.33. The number of amides is 3. The van der Waals surface area contributed by atoms with Gasteiger partial charge in [0.25, 0.3) is 0 Å². The minimum atomic E-state index is -0.896. The normalized spacial score (nSPS) is 24.0. The molecule has 8 heteroatoms. The van der Waals surface area contributed by atoms with Crippen LogP contribution in [0.4, 0.5) is 4.79 Å². The van der Waals surface area contributed by atoms with Gasteiger partial charge in [0.05, 0.1) is 12.5 Å². The van der Waals surface area contributed by atoms with Gasteiger partial charge < -0.3 is 19.8 Å². The summed E-state index contributed by atoms with van der Waals surface area (Å²) in [5, 5.41) is 8.98. The summed E-state index contributed by atoms with van der Waals surface area (Å²) < 4.78 is 0. The summed E-state index contributed by atoms with van der Waals surface area (Å²) in [5.74, 6) is 0.484. The SMILES string of the molecule is CN1CCCN(C(=O)N2CCSCC2CC(=O)O)CC1=O. The number of carboxylic acids is 1. The van der Waals surface area contributed by atoms with E-state index in [-0.39, 0.29) is 30.9 Å². The molecule has 0 bridgehead atoms. The van der Waals surface area contributed by atoms with Gasteiger partial charge in [-0.25, -0.2) is 4.79 Å². The summed E-state index contributed by atoms with van der Waals surface area (Å²) in [7, 11) is 1.74. The van der Waals surface area contributed by atoms with Crippen molar-refractivity contribution in [2.45, 2.75) is 18.9 Å². The number of thioether (sulfide) groups is 1. The summed E-state index contributed by atoms with van der Waals surface area (Å²) in [6.07, 6.45) is 0.709. The van der Waals surface area contributed by atoms with E-state index in [4.69, 9.17) is 5.11 Å². The highest BCUT2D eigenvalue weighted by molar-refractivity contribution is 7.99. The minimum absolute atomic E-state index is 0.0412. The van der Waals surface area contributed by atoms with Gasteiger partial charge in [0.1, 0.15) is 6.54 Å². The van der Waals surface area contributed by atoms with Crippen LogP contribution in [0.2, 0.25) is 0 Å². The Labute approximate surface area is 128 Å².